The predicted octanol–water partition coefficient (Wildman–Crippen LogP) is 3.80. The van der Waals surface area contributed by atoms with Crippen LogP contribution >= 0.6 is 0 Å². The second-order valence-corrected chi connectivity index (χ2v) is 6.58. The molecule has 0 aliphatic heterocycles. The number of nitrogens with one attached hydrogen (secondary N) is 1. The van der Waals surface area contributed by atoms with Crippen molar-refractivity contribution >= 4 is 23.2 Å². The maximum atomic E-state index is 12.7. The van der Waals surface area contributed by atoms with Gasteiger partial charge in [-0.1, -0.05) is 18.9 Å². The van der Waals surface area contributed by atoms with Gasteiger partial charge in [-0.15, -0.1) is 0 Å². The van der Waals surface area contributed by atoms with E-state index in [9.17, 15) is 9.59 Å². The molecule has 2 aromatic rings. The summed E-state index contributed by atoms with van der Waals surface area (Å²) in [7, 11) is 1.72. The van der Waals surface area contributed by atoms with E-state index in [2.05, 4.69) is 10.3 Å². The normalized spacial score (nSPS) is 14.3. The number of hydrogen-bond donors (Lipinski definition) is 1. The second kappa shape index (κ2) is 7.47. The highest BCUT2D eigenvalue weighted by molar-refractivity contribution is 6.06. The van der Waals surface area contributed by atoms with Crippen molar-refractivity contribution in [3.63, 3.8) is 0 Å². The molecule has 0 unspecified atom stereocenters. The first-order valence-corrected chi connectivity index (χ1v) is 8.66. The van der Waals surface area contributed by atoms with Crippen LogP contribution in [0.4, 0.5) is 11.4 Å². The standard InChI is InChI=1S/C20H23N3O2/c1-14-9-10-16(20(25)23(2)17-8-5-11-21-13-17)12-18(14)22-19(24)15-6-3-4-7-15/h5,8-13,15H,3-4,6-7H2,1-2H3,(H,22,24). The minimum absolute atomic E-state index is 0.0609. The first kappa shape index (κ1) is 17.1. The molecule has 0 spiro atoms. The molecule has 25 heavy (non-hydrogen) atoms. The van der Waals surface area contributed by atoms with Crippen LogP contribution in [-0.2, 0) is 4.79 Å². The van der Waals surface area contributed by atoms with E-state index in [0.29, 0.717) is 11.3 Å². The molecule has 1 aliphatic carbocycles. The first-order valence-electron chi connectivity index (χ1n) is 8.66. The Kier molecular flexibility index (Phi) is 5.12. The van der Waals surface area contributed by atoms with Gasteiger partial charge in [-0.05, 0) is 49.6 Å². The molecule has 1 aliphatic rings. The van der Waals surface area contributed by atoms with Crippen molar-refractivity contribution < 1.29 is 9.59 Å². The van der Waals surface area contributed by atoms with Crippen molar-refractivity contribution in [2.24, 2.45) is 5.92 Å². The van der Waals surface area contributed by atoms with Gasteiger partial charge in [0.1, 0.15) is 0 Å². The fourth-order valence-corrected chi connectivity index (χ4v) is 3.18. The number of aryl methyl sites for hydroxylation is 1. The van der Waals surface area contributed by atoms with Crippen LogP contribution in [0.3, 0.4) is 0 Å². The Labute approximate surface area is 148 Å². The van der Waals surface area contributed by atoms with Crippen LogP contribution in [0.1, 0.15) is 41.6 Å². The van der Waals surface area contributed by atoms with Gasteiger partial charge in [0, 0.05) is 30.4 Å². The average molecular weight is 337 g/mol. The maximum Gasteiger partial charge on any atom is 0.258 e. The molecule has 1 saturated carbocycles. The Balaban J connectivity index is 1.78. The van der Waals surface area contributed by atoms with Crippen molar-refractivity contribution in [3.05, 3.63) is 53.9 Å². The Morgan fingerprint density at radius 2 is 1.96 bits per heavy atom. The average Bonchev–Trinajstić information content (AvgIpc) is 3.18. The molecule has 1 N–H and O–H groups in total. The smallest absolute Gasteiger partial charge is 0.258 e. The lowest BCUT2D eigenvalue weighted by molar-refractivity contribution is -0.119. The van der Waals surface area contributed by atoms with E-state index < -0.39 is 0 Å². The number of carbonyl (C=O) groups is 2. The van der Waals surface area contributed by atoms with Gasteiger partial charge in [-0.2, -0.15) is 0 Å². The summed E-state index contributed by atoms with van der Waals surface area (Å²) in [5.74, 6) is 0.0204. The quantitative estimate of drug-likeness (QED) is 0.923. The minimum Gasteiger partial charge on any atom is -0.326 e. The van der Waals surface area contributed by atoms with Crippen LogP contribution in [0.15, 0.2) is 42.7 Å². The molecule has 0 saturated heterocycles. The molecule has 130 valence electrons. The minimum atomic E-state index is -0.135. The number of anilines is 2. The summed E-state index contributed by atoms with van der Waals surface area (Å²) in [5, 5.41) is 3.00. The largest absolute Gasteiger partial charge is 0.326 e. The number of rotatable bonds is 4. The Morgan fingerprint density at radius 3 is 2.64 bits per heavy atom. The number of pyridine rings is 1. The van der Waals surface area contributed by atoms with Gasteiger partial charge in [-0.25, -0.2) is 0 Å². The van der Waals surface area contributed by atoms with Crippen LogP contribution in [0.25, 0.3) is 0 Å². The summed E-state index contributed by atoms with van der Waals surface area (Å²) < 4.78 is 0. The number of benzene rings is 1. The number of hydrogen-bond acceptors (Lipinski definition) is 3. The van der Waals surface area contributed by atoms with Gasteiger partial charge >= 0.3 is 0 Å². The molecule has 2 amide bonds. The van der Waals surface area contributed by atoms with Crippen molar-refractivity contribution in [3.8, 4) is 0 Å². The van der Waals surface area contributed by atoms with Gasteiger partial charge in [0.15, 0.2) is 0 Å². The topological polar surface area (TPSA) is 62.3 Å². The van der Waals surface area contributed by atoms with Gasteiger partial charge < -0.3 is 10.2 Å². The number of amides is 2. The number of carbonyl (C=O) groups excluding carboxylic acids is 2. The summed E-state index contributed by atoms with van der Waals surface area (Å²) in [4.78, 5) is 30.7. The zero-order valence-corrected chi connectivity index (χ0v) is 14.7. The van der Waals surface area contributed by atoms with Crippen molar-refractivity contribution in [1.82, 2.24) is 4.98 Å². The lowest BCUT2D eigenvalue weighted by atomic mass is 10.1. The summed E-state index contributed by atoms with van der Waals surface area (Å²) >= 11 is 0. The summed E-state index contributed by atoms with van der Waals surface area (Å²) in [6, 6.07) is 9.05. The Morgan fingerprint density at radius 1 is 1.20 bits per heavy atom. The van der Waals surface area contributed by atoms with Gasteiger partial charge in [-0.3, -0.25) is 14.6 Å². The lowest BCUT2D eigenvalue weighted by Gasteiger charge is -2.18. The molecule has 1 aromatic carbocycles. The second-order valence-electron chi connectivity index (χ2n) is 6.58. The highest BCUT2D eigenvalue weighted by Crippen LogP contribution is 2.27. The molecule has 0 bridgehead atoms. The number of aromatic nitrogens is 1. The van der Waals surface area contributed by atoms with Crippen LogP contribution in [0, 0.1) is 12.8 Å². The monoisotopic (exact) mass is 337 g/mol. The zero-order valence-electron chi connectivity index (χ0n) is 14.7. The fourth-order valence-electron chi connectivity index (χ4n) is 3.18. The van der Waals surface area contributed by atoms with Crippen molar-refractivity contribution in [1.29, 1.82) is 0 Å². The maximum absolute atomic E-state index is 12.7. The first-order chi connectivity index (χ1) is 12.1. The fraction of sp³-hybridized carbons (Fsp3) is 0.350. The van der Waals surface area contributed by atoms with Crippen molar-refractivity contribution in [2.45, 2.75) is 32.6 Å². The highest BCUT2D eigenvalue weighted by atomic mass is 16.2. The van der Waals surface area contributed by atoms with Crippen LogP contribution < -0.4 is 10.2 Å². The molecule has 5 heteroatoms. The van der Waals surface area contributed by atoms with Gasteiger partial charge in [0.2, 0.25) is 5.91 Å². The molecule has 5 nitrogen and oxygen atoms in total. The van der Waals surface area contributed by atoms with E-state index in [0.717, 1.165) is 36.9 Å². The molecular formula is C20H23N3O2. The highest BCUT2D eigenvalue weighted by Gasteiger charge is 2.23. The van der Waals surface area contributed by atoms with E-state index in [1.54, 1.807) is 42.5 Å². The van der Waals surface area contributed by atoms with E-state index >= 15 is 0 Å². The predicted molar refractivity (Wildman–Crippen MR) is 98.7 cm³/mol. The molecule has 1 aromatic heterocycles. The third-order valence-corrected chi connectivity index (χ3v) is 4.81. The lowest BCUT2D eigenvalue weighted by Crippen LogP contribution is -2.26. The van der Waals surface area contributed by atoms with Crippen LogP contribution in [0.2, 0.25) is 0 Å². The zero-order chi connectivity index (χ0) is 17.8. The Hall–Kier alpha value is -2.69. The Bertz CT molecular complexity index is 768. The SMILES string of the molecule is Cc1ccc(C(=O)N(C)c2cccnc2)cc1NC(=O)C1CCCC1. The van der Waals surface area contributed by atoms with Gasteiger partial charge in [0.25, 0.3) is 5.91 Å². The molecule has 0 radical (unpaired) electrons. The molecule has 3 rings (SSSR count). The molecule has 1 heterocycles. The van der Waals surface area contributed by atoms with E-state index in [4.69, 9.17) is 0 Å². The molecule has 0 atom stereocenters. The van der Waals surface area contributed by atoms with Crippen molar-refractivity contribution in [2.75, 3.05) is 17.3 Å². The van der Waals surface area contributed by atoms with Gasteiger partial charge in [0.05, 0.1) is 11.9 Å². The van der Waals surface area contributed by atoms with Crippen LogP contribution in [-0.4, -0.2) is 23.8 Å². The van der Waals surface area contributed by atoms with E-state index in [1.807, 2.05) is 19.1 Å². The molecular weight excluding hydrogens is 314 g/mol. The third kappa shape index (κ3) is 3.87. The third-order valence-electron chi connectivity index (χ3n) is 4.81. The van der Waals surface area contributed by atoms with E-state index in [1.165, 1.54) is 0 Å². The number of nitrogens with zero attached hydrogens (tertiary/aromatic N) is 2. The summed E-state index contributed by atoms with van der Waals surface area (Å²) in [5.41, 5.74) is 2.93. The van der Waals surface area contributed by atoms with E-state index in [-0.39, 0.29) is 17.7 Å². The molecule has 1 fully saturated rings. The summed E-state index contributed by atoms with van der Waals surface area (Å²) in [6.45, 7) is 1.93. The van der Waals surface area contributed by atoms with Crippen LogP contribution in [0.5, 0.6) is 0 Å². The summed E-state index contributed by atoms with van der Waals surface area (Å²) in [6.07, 6.45) is 7.46.